The van der Waals surface area contributed by atoms with Gasteiger partial charge in [-0.25, -0.2) is 4.39 Å². The van der Waals surface area contributed by atoms with Crippen molar-refractivity contribution in [1.82, 2.24) is 5.32 Å². The van der Waals surface area contributed by atoms with Crippen LogP contribution in [0.25, 0.3) is 0 Å². The standard InChI is InChI=1S/C12H15BrFNS/c1-16-12(4-5-12)8-15-7-9-6-10(14)2-3-11(9)13/h2-3,6,15H,4-5,7-8H2,1H3. The minimum Gasteiger partial charge on any atom is -0.311 e. The molecule has 1 aromatic rings. The summed E-state index contributed by atoms with van der Waals surface area (Å²) in [6.07, 6.45) is 4.75. The van der Waals surface area contributed by atoms with E-state index in [-0.39, 0.29) is 5.82 Å². The number of nitrogens with one attached hydrogen (secondary N) is 1. The second-order valence-electron chi connectivity index (χ2n) is 4.23. The van der Waals surface area contributed by atoms with Gasteiger partial charge in [-0.15, -0.1) is 0 Å². The number of benzene rings is 1. The first kappa shape index (κ1) is 12.4. The van der Waals surface area contributed by atoms with Crippen LogP contribution in [0.1, 0.15) is 18.4 Å². The van der Waals surface area contributed by atoms with E-state index in [1.807, 2.05) is 11.8 Å². The van der Waals surface area contributed by atoms with Crippen LogP contribution in [0, 0.1) is 5.82 Å². The molecule has 1 aromatic carbocycles. The van der Waals surface area contributed by atoms with Gasteiger partial charge < -0.3 is 5.32 Å². The van der Waals surface area contributed by atoms with Crippen molar-refractivity contribution in [3.63, 3.8) is 0 Å². The Hall–Kier alpha value is -0.0600. The van der Waals surface area contributed by atoms with Crippen LogP contribution in [0.2, 0.25) is 0 Å². The maximum atomic E-state index is 13.0. The van der Waals surface area contributed by atoms with Crippen molar-refractivity contribution in [2.24, 2.45) is 0 Å². The first-order chi connectivity index (χ1) is 7.65. The first-order valence-corrected chi connectivity index (χ1v) is 7.37. The molecule has 0 bridgehead atoms. The maximum Gasteiger partial charge on any atom is 0.123 e. The van der Waals surface area contributed by atoms with Gasteiger partial charge in [-0.1, -0.05) is 15.9 Å². The molecule has 1 saturated carbocycles. The normalized spacial score (nSPS) is 17.4. The van der Waals surface area contributed by atoms with Crippen molar-refractivity contribution >= 4 is 27.7 Å². The van der Waals surface area contributed by atoms with Gasteiger partial charge in [0.1, 0.15) is 5.82 Å². The van der Waals surface area contributed by atoms with Crippen LogP contribution in [0.15, 0.2) is 22.7 Å². The summed E-state index contributed by atoms with van der Waals surface area (Å²) in [5, 5.41) is 3.41. The van der Waals surface area contributed by atoms with Gasteiger partial charge in [0.15, 0.2) is 0 Å². The minimum absolute atomic E-state index is 0.175. The highest BCUT2D eigenvalue weighted by Crippen LogP contribution is 2.46. The number of halogens is 2. The average Bonchev–Trinajstić information content (AvgIpc) is 3.04. The summed E-state index contributed by atoms with van der Waals surface area (Å²) >= 11 is 5.36. The van der Waals surface area contributed by atoms with Gasteiger partial charge >= 0.3 is 0 Å². The summed E-state index contributed by atoms with van der Waals surface area (Å²) in [7, 11) is 0. The monoisotopic (exact) mass is 303 g/mol. The molecule has 0 spiro atoms. The lowest BCUT2D eigenvalue weighted by Gasteiger charge is -2.13. The Labute approximate surface area is 108 Å². The van der Waals surface area contributed by atoms with Gasteiger partial charge in [-0.2, -0.15) is 11.8 Å². The van der Waals surface area contributed by atoms with Gasteiger partial charge in [0.05, 0.1) is 0 Å². The molecular weight excluding hydrogens is 289 g/mol. The zero-order chi connectivity index (χ0) is 11.6. The Kier molecular flexibility index (Phi) is 3.93. The Morgan fingerprint density at radius 1 is 1.50 bits per heavy atom. The van der Waals surface area contributed by atoms with Crippen molar-refractivity contribution in [2.75, 3.05) is 12.8 Å². The maximum absolute atomic E-state index is 13.0. The van der Waals surface area contributed by atoms with E-state index < -0.39 is 0 Å². The van der Waals surface area contributed by atoms with Crippen LogP contribution in [0.4, 0.5) is 4.39 Å². The van der Waals surface area contributed by atoms with Crippen molar-refractivity contribution in [1.29, 1.82) is 0 Å². The molecule has 1 N–H and O–H groups in total. The molecule has 0 radical (unpaired) electrons. The molecule has 0 unspecified atom stereocenters. The Morgan fingerprint density at radius 3 is 2.88 bits per heavy atom. The summed E-state index contributed by atoms with van der Waals surface area (Å²) in [4.78, 5) is 0. The SMILES string of the molecule is CSC1(CNCc2cc(F)ccc2Br)CC1. The number of hydrogen-bond donors (Lipinski definition) is 1. The zero-order valence-electron chi connectivity index (χ0n) is 9.22. The molecular formula is C12H15BrFNS. The van der Waals surface area contributed by atoms with Crippen molar-refractivity contribution in [3.05, 3.63) is 34.1 Å². The van der Waals surface area contributed by atoms with Crippen LogP contribution < -0.4 is 5.32 Å². The Morgan fingerprint density at radius 2 is 2.25 bits per heavy atom. The molecule has 0 atom stereocenters. The first-order valence-electron chi connectivity index (χ1n) is 5.35. The molecule has 0 aliphatic heterocycles. The fourth-order valence-electron chi connectivity index (χ4n) is 1.70. The van der Waals surface area contributed by atoms with Gasteiger partial charge in [0.25, 0.3) is 0 Å². The molecule has 1 fully saturated rings. The van der Waals surface area contributed by atoms with Crippen molar-refractivity contribution < 1.29 is 4.39 Å². The quantitative estimate of drug-likeness (QED) is 0.892. The molecule has 0 saturated heterocycles. The van der Waals surface area contributed by atoms with E-state index >= 15 is 0 Å². The van der Waals surface area contributed by atoms with Crippen molar-refractivity contribution in [3.8, 4) is 0 Å². The highest BCUT2D eigenvalue weighted by molar-refractivity contribution is 9.10. The lowest BCUT2D eigenvalue weighted by Crippen LogP contribution is -2.25. The van der Waals surface area contributed by atoms with E-state index in [1.165, 1.54) is 18.9 Å². The summed E-state index contributed by atoms with van der Waals surface area (Å²) < 4.78 is 14.5. The summed E-state index contributed by atoms with van der Waals surface area (Å²) in [5.41, 5.74) is 0.983. The molecule has 4 heteroatoms. The Balaban J connectivity index is 1.87. The molecule has 16 heavy (non-hydrogen) atoms. The van der Waals surface area contributed by atoms with Gasteiger partial charge in [-0.05, 0) is 42.9 Å². The van der Waals surface area contributed by atoms with E-state index in [0.717, 1.165) is 23.1 Å². The van der Waals surface area contributed by atoms with Gasteiger partial charge in [0.2, 0.25) is 0 Å². The third-order valence-corrected chi connectivity index (χ3v) is 5.20. The number of hydrogen-bond acceptors (Lipinski definition) is 2. The van der Waals surface area contributed by atoms with Crippen LogP contribution in [-0.4, -0.2) is 17.5 Å². The number of thioether (sulfide) groups is 1. The van der Waals surface area contributed by atoms with Crippen LogP contribution >= 0.6 is 27.7 Å². The number of rotatable bonds is 5. The highest BCUT2D eigenvalue weighted by Gasteiger charge is 2.41. The zero-order valence-corrected chi connectivity index (χ0v) is 11.6. The van der Waals surface area contributed by atoms with E-state index in [9.17, 15) is 4.39 Å². The second kappa shape index (κ2) is 5.07. The fraction of sp³-hybridized carbons (Fsp3) is 0.500. The van der Waals surface area contributed by atoms with Crippen LogP contribution in [-0.2, 0) is 6.54 Å². The van der Waals surface area contributed by atoms with E-state index in [4.69, 9.17) is 0 Å². The topological polar surface area (TPSA) is 12.0 Å². The Bertz CT molecular complexity index is 379. The third kappa shape index (κ3) is 2.99. The predicted molar refractivity (Wildman–Crippen MR) is 71.3 cm³/mol. The third-order valence-electron chi connectivity index (χ3n) is 3.01. The molecule has 1 nitrogen and oxygen atoms in total. The summed E-state index contributed by atoms with van der Waals surface area (Å²) in [5.74, 6) is -0.175. The molecule has 88 valence electrons. The summed E-state index contributed by atoms with van der Waals surface area (Å²) in [6.45, 7) is 1.73. The van der Waals surface area contributed by atoms with Gasteiger partial charge in [-0.3, -0.25) is 0 Å². The summed E-state index contributed by atoms with van der Waals surface area (Å²) in [6, 6.07) is 4.81. The van der Waals surface area contributed by atoms with E-state index in [0.29, 0.717) is 4.75 Å². The highest BCUT2D eigenvalue weighted by atomic mass is 79.9. The lowest BCUT2D eigenvalue weighted by atomic mass is 10.2. The fourth-order valence-corrected chi connectivity index (χ4v) is 2.84. The van der Waals surface area contributed by atoms with E-state index in [1.54, 1.807) is 12.1 Å². The van der Waals surface area contributed by atoms with Gasteiger partial charge in [0, 0.05) is 22.3 Å². The van der Waals surface area contributed by atoms with E-state index in [2.05, 4.69) is 27.5 Å². The predicted octanol–water partition coefficient (Wildman–Crippen LogP) is 3.57. The lowest BCUT2D eigenvalue weighted by molar-refractivity contribution is 0.617. The molecule has 1 aliphatic rings. The molecule has 2 rings (SSSR count). The minimum atomic E-state index is -0.175. The molecule has 0 amide bonds. The molecule has 0 aromatic heterocycles. The van der Waals surface area contributed by atoms with Crippen LogP contribution in [0.3, 0.4) is 0 Å². The molecule has 1 aliphatic carbocycles. The second-order valence-corrected chi connectivity index (χ2v) is 6.36. The largest absolute Gasteiger partial charge is 0.311 e. The molecule has 0 heterocycles. The average molecular weight is 304 g/mol. The van der Waals surface area contributed by atoms with Crippen molar-refractivity contribution in [2.45, 2.75) is 24.1 Å². The van der Waals surface area contributed by atoms with Crippen LogP contribution in [0.5, 0.6) is 0 Å². The smallest absolute Gasteiger partial charge is 0.123 e.